The Bertz CT molecular complexity index is 690. The Labute approximate surface area is 116 Å². The first-order valence-electron chi connectivity index (χ1n) is 6.39. The van der Waals surface area contributed by atoms with Crippen LogP contribution in [0.3, 0.4) is 0 Å². The van der Waals surface area contributed by atoms with Gasteiger partial charge in [0.15, 0.2) is 5.72 Å². The van der Waals surface area contributed by atoms with E-state index in [1.807, 2.05) is 19.9 Å². The van der Waals surface area contributed by atoms with Crippen LogP contribution in [0.15, 0.2) is 47.5 Å². The fourth-order valence-electron chi connectivity index (χ4n) is 2.27. The maximum atomic E-state index is 13.1. The highest BCUT2D eigenvalue weighted by Crippen LogP contribution is 2.33. The average molecular weight is 270 g/mol. The van der Waals surface area contributed by atoms with E-state index in [1.165, 1.54) is 12.1 Å². The predicted molar refractivity (Wildman–Crippen MR) is 77.6 cm³/mol. The topological polar surface area (TPSA) is 47.6 Å². The van der Waals surface area contributed by atoms with Gasteiger partial charge in [-0.25, -0.2) is 9.38 Å². The van der Waals surface area contributed by atoms with Crippen LogP contribution in [-0.4, -0.2) is 11.4 Å². The van der Waals surface area contributed by atoms with Gasteiger partial charge in [0.1, 0.15) is 11.6 Å². The van der Waals surface area contributed by atoms with Crippen LogP contribution in [0.4, 0.5) is 10.1 Å². The Morgan fingerprint density at radius 2 is 1.80 bits per heavy atom. The van der Waals surface area contributed by atoms with Gasteiger partial charge in [-0.05, 0) is 50.2 Å². The number of anilines is 1. The lowest BCUT2D eigenvalue weighted by atomic mass is 9.98. The molecule has 1 aliphatic heterocycles. The maximum absolute atomic E-state index is 13.1. The lowest BCUT2D eigenvalue weighted by Crippen LogP contribution is -2.32. The van der Waals surface area contributed by atoms with Crippen LogP contribution in [0.2, 0.25) is 0 Å². The normalized spacial score (nSPS) is 16.1. The molecule has 3 nitrogen and oxygen atoms in total. The standard InChI is InChI=1S/C16H15FN2O/c1-16(2)19-15(10-3-5-11(17)6-4-10)13-8-7-12(18)9-14(13)20-16/h3-9H,18H2,1-2H3. The molecule has 0 atom stereocenters. The summed E-state index contributed by atoms with van der Waals surface area (Å²) in [4.78, 5) is 4.62. The van der Waals surface area contributed by atoms with E-state index in [2.05, 4.69) is 4.99 Å². The van der Waals surface area contributed by atoms with Crippen molar-refractivity contribution in [3.05, 3.63) is 59.4 Å². The van der Waals surface area contributed by atoms with Crippen LogP contribution in [0, 0.1) is 5.82 Å². The van der Waals surface area contributed by atoms with Crippen molar-refractivity contribution in [3.8, 4) is 5.75 Å². The Hall–Kier alpha value is -2.36. The fraction of sp³-hybridized carbons (Fsp3) is 0.188. The summed E-state index contributed by atoms with van der Waals surface area (Å²) >= 11 is 0. The Kier molecular flexibility index (Phi) is 2.74. The molecule has 102 valence electrons. The third kappa shape index (κ3) is 2.25. The van der Waals surface area contributed by atoms with Crippen molar-refractivity contribution in [2.24, 2.45) is 4.99 Å². The smallest absolute Gasteiger partial charge is 0.195 e. The highest BCUT2D eigenvalue weighted by Gasteiger charge is 2.28. The SMILES string of the molecule is CC1(C)N=C(c2ccc(F)cc2)c2ccc(N)cc2O1. The highest BCUT2D eigenvalue weighted by molar-refractivity contribution is 6.15. The molecule has 0 unspecified atom stereocenters. The molecule has 1 heterocycles. The quantitative estimate of drug-likeness (QED) is 0.807. The number of fused-ring (bicyclic) bond motifs is 1. The molecule has 20 heavy (non-hydrogen) atoms. The molecule has 0 saturated heterocycles. The molecule has 4 heteroatoms. The molecular weight excluding hydrogens is 255 g/mol. The summed E-state index contributed by atoms with van der Waals surface area (Å²) in [5, 5.41) is 0. The zero-order valence-electron chi connectivity index (χ0n) is 11.4. The van der Waals surface area contributed by atoms with E-state index >= 15 is 0 Å². The van der Waals surface area contributed by atoms with Crippen LogP contribution in [-0.2, 0) is 0 Å². The lowest BCUT2D eigenvalue weighted by Gasteiger charge is -2.30. The molecule has 2 aromatic carbocycles. The van der Waals surface area contributed by atoms with E-state index in [1.54, 1.807) is 24.3 Å². The maximum Gasteiger partial charge on any atom is 0.195 e. The minimum absolute atomic E-state index is 0.266. The molecule has 2 aromatic rings. The number of hydrogen-bond acceptors (Lipinski definition) is 3. The molecular formula is C16H15FN2O. The van der Waals surface area contributed by atoms with Gasteiger partial charge in [-0.3, -0.25) is 0 Å². The number of benzene rings is 2. The summed E-state index contributed by atoms with van der Waals surface area (Å²) in [5.41, 5.74) is 8.28. The Morgan fingerprint density at radius 1 is 1.10 bits per heavy atom. The van der Waals surface area contributed by atoms with E-state index in [0.717, 1.165) is 16.8 Å². The van der Waals surface area contributed by atoms with E-state index in [4.69, 9.17) is 10.5 Å². The molecule has 0 fully saturated rings. The predicted octanol–water partition coefficient (Wildman–Crippen LogP) is 3.37. The van der Waals surface area contributed by atoms with Crippen molar-refractivity contribution in [1.82, 2.24) is 0 Å². The summed E-state index contributed by atoms with van der Waals surface area (Å²) in [7, 11) is 0. The largest absolute Gasteiger partial charge is 0.466 e. The van der Waals surface area contributed by atoms with E-state index < -0.39 is 5.72 Å². The summed E-state index contributed by atoms with van der Waals surface area (Å²) in [6, 6.07) is 11.8. The first kappa shape index (κ1) is 12.7. The molecule has 0 amide bonds. The molecule has 0 spiro atoms. The zero-order chi connectivity index (χ0) is 14.3. The zero-order valence-corrected chi connectivity index (χ0v) is 11.4. The van der Waals surface area contributed by atoms with Gasteiger partial charge in [-0.15, -0.1) is 0 Å². The Balaban J connectivity index is 2.18. The van der Waals surface area contributed by atoms with Crippen molar-refractivity contribution >= 4 is 11.4 Å². The first-order valence-corrected chi connectivity index (χ1v) is 6.39. The number of nitrogens with two attached hydrogens (primary N) is 1. The molecule has 1 aliphatic rings. The molecule has 0 saturated carbocycles. The highest BCUT2D eigenvalue weighted by atomic mass is 19.1. The minimum Gasteiger partial charge on any atom is -0.466 e. The molecule has 0 aliphatic carbocycles. The number of nitrogens with zero attached hydrogens (tertiary/aromatic N) is 1. The molecule has 0 radical (unpaired) electrons. The summed E-state index contributed by atoms with van der Waals surface area (Å²) in [6.07, 6.45) is 0. The van der Waals surface area contributed by atoms with Gasteiger partial charge in [0, 0.05) is 22.9 Å². The molecule has 0 bridgehead atoms. The van der Waals surface area contributed by atoms with Crippen LogP contribution in [0.1, 0.15) is 25.0 Å². The van der Waals surface area contributed by atoms with E-state index in [-0.39, 0.29) is 5.82 Å². The third-order valence-corrected chi connectivity index (χ3v) is 3.12. The van der Waals surface area contributed by atoms with Crippen molar-refractivity contribution < 1.29 is 9.13 Å². The number of aliphatic imine (C=N–C) groups is 1. The van der Waals surface area contributed by atoms with E-state index in [9.17, 15) is 4.39 Å². The van der Waals surface area contributed by atoms with Crippen molar-refractivity contribution in [2.75, 3.05) is 5.73 Å². The van der Waals surface area contributed by atoms with Gasteiger partial charge in [-0.1, -0.05) is 0 Å². The van der Waals surface area contributed by atoms with E-state index in [0.29, 0.717) is 11.4 Å². The second-order valence-electron chi connectivity index (χ2n) is 5.27. The number of nitrogen functional groups attached to an aromatic ring is 1. The number of ether oxygens (including phenoxy) is 1. The van der Waals surface area contributed by atoms with Crippen LogP contribution in [0.25, 0.3) is 0 Å². The monoisotopic (exact) mass is 270 g/mol. The number of hydrogen-bond donors (Lipinski definition) is 1. The second-order valence-corrected chi connectivity index (χ2v) is 5.27. The van der Waals surface area contributed by atoms with Gasteiger partial charge in [-0.2, -0.15) is 0 Å². The number of rotatable bonds is 1. The Morgan fingerprint density at radius 3 is 2.50 bits per heavy atom. The van der Waals surface area contributed by atoms with Crippen LogP contribution < -0.4 is 10.5 Å². The first-order chi connectivity index (χ1) is 9.44. The summed E-state index contributed by atoms with van der Waals surface area (Å²) in [6.45, 7) is 3.76. The molecule has 0 aromatic heterocycles. The third-order valence-electron chi connectivity index (χ3n) is 3.12. The molecule has 2 N–H and O–H groups in total. The van der Waals surface area contributed by atoms with Gasteiger partial charge in [0.2, 0.25) is 0 Å². The second kappa shape index (κ2) is 4.34. The van der Waals surface area contributed by atoms with Crippen LogP contribution >= 0.6 is 0 Å². The summed E-state index contributed by atoms with van der Waals surface area (Å²) < 4.78 is 18.9. The van der Waals surface area contributed by atoms with Crippen molar-refractivity contribution in [2.45, 2.75) is 19.6 Å². The summed E-state index contributed by atoms with van der Waals surface area (Å²) in [5.74, 6) is 0.433. The van der Waals surface area contributed by atoms with Gasteiger partial charge < -0.3 is 10.5 Å². The molecule has 3 rings (SSSR count). The van der Waals surface area contributed by atoms with Gasteiger partial charge in [0.25, 0.3) is 0 Å². The average Bonchev–Trinajstić information content (AvgIpc) is 2.37. The van der Waals surface area contributed by atoms with Crippen LogP contribution in [0.5, 0.6) is 5.75 Å². The lowest BCUT2D eigenvalue weighted by molar-refractivity contribution is 0.115. The minimum atomic E-state index is -0.676. The van der Waals surface area contributed by atoms with Gasteiger partial charge in [0.05, 0.1) is 5.71 Å². The van der Waals surface area contributed by atoms with Gasteiger partial charge >= 0.3 is 0 Å². The van der Waals surface area contributed by atoms with Crippen molar-refractivity contribution in [1.29, 1.82) is 0 Å². The number of halogens is 1. The van der Waals surface area contributed by atoms with Crippen molar-refractivity contribution in [3.63, 3.8) is 0 Å². The fourth-order valence-corrected chi connectivity index (χ4v) is 2.27.